The van der Waals surface area contributed by atoms with Crippen LogP contribution in [0.4, 0.5) is 11.4 Å². The highest BCUT2D eigenvalue weighted by Crippen LogP contribution is 2.35. The summed E-state index contributed by atoms with van der Waals surface area (Å²) < 4.78 is 4.91. The van der Waals surface area contributed by atoms with Gasteiger partial charge in [0.25, 0.3) is 0 Å². The molecule has 6 heteroatoms. The number of methoxy groups -OCH3 is 1. The predicted molar refractivity (Wildman–Crippen MR) is 124 cm³/mol. The largest absolute Gasteiger partial charge is 0.377 e. The van der Waals surface area contributed by atoms with Gasteiger partial charge < -0.3 is 19.9 Å². The van der Waals surface area contributed by atoms with Crippen molar-refractivity contribution in [3.63, 3.8) is 0 Å². The lowest BCUT2D eigenvalue weighted by atomic mass is 9.94. The standard InChI is InChI=1S/C25H33N3O3/c1-5-22(18-9-7-6-8-10-18)25(30)28(21-12-13-21)16-19-15-20(26-24(29)17-31-4)11-14-23(19)27(2)3/h6-11,14-15,21-22H,5,12-13,16-17H2,1-4H3,(H,26,29)/t22-/m1/s1. The van der Waals surface area contributed by atoms with Gasteiger partial charge in [0.1, 0.15) is 6.61 Å². The summed E-state index contributed by atoms with van der Waals surface area (Å²) in [5, 5.41) is 2.87. The van der Waals surface area contributed by atoms with Crippen molar-refractivity contribution >= 4 is 23.2 Å². The summed E-state index contributed by atoms with van der Waals surface area (Å²) >= 11 is 0. The van der Waals surface area contributed by atoms with E-state index in [1.807, 2.05) is 72.4 Å². The lowest BCUT2D eigenvalue weighted by Gasteiger charge is -2.29. The van der Waals surface area contributed by atoms with E-state index in [0.717, 1.165) is 36.1 Å². The molecular weight excluding hydrogens is 390 g/mol. The Bertz CT molecular complexity index is 894. The Kier molecular flexibility index (Phi) is 7.69. The van der Waals surface area contributed by atoms with E-state index < -0.39 is 0 Å². The molecule has 0 saturated heterocycles. The average Bonchev–Trinajstić information content (AvgIpc) is 3.58. The molecule has 1 N–H and O–H groups in total. The first kappa shape index (κ1) is 22.8. The van der Waals surface area contributed by atoms with E-state index in [1.54, 1.807) is 0 Å². The number of rotatable bonds is 10. The van der Waals surface area contributed by atoms with Gasteiger partial charge in [0.15, 0.2) is 0 Å². The van der Waals surface area contributed by atoms with Crippen molar-refractivity contribution in [2.45, 2.75) is 44.7 Å². The molecule has 31 heavy (non-hydrogen) atoms. The summed E-state index contributed by atoms with van der Waals surface area (Å²) in [7, 11) is 5.48. The number of benzene rings is 2. The summed E-state index contributed by atoms with van der Waals surface area (Å²) in [5.74, 6) is -0.166. The van der Waals surface area contributed by atoms with Crippen molar-refractivity contribution in [1.82, 2.24) is 4.90 Å². The Labute approximate surface area is 185 Å². The SMILES string of the molecule is CC[C@@H](C(=O)N(Cc1cc(NC(=O)COC)ccc1N(C)C)C1CC1)c1ccccc1. The van der Waals surface area contributed by atoms with Gasteiger partial charge in [-0.3, -0.25) is 9.59 Å². The van der Waals surface area contributed by atoms with Crippen LogP contribution in [0.1, 0.15) is 43.2 Å². The third-order valence-electron chi connectivity index (χ3n) is 5.64. The Hall–Kier alpha value is -2.86. The highest BCUT2D eigenvalue weighted by atomic mass is 16.5. The van der Waals surface area contributed by atoms with Crippen LogP contribution in [0.2, 0.25) is 0 Å². The van der Waals surface area contributed by atoms with E-state index in [1.165, 1.54) is 7.11 Å². The first-order valence-electron chi connectivity index (χ1n) is 10.9. The molecule has 2 aromatic carbocycles. The van der Waals surface area contributed by atoms with Gasteiger partial charge >= 0.3 is 0 Å². The quantitative estimate of drug-likeness (QED) is 0.627. The second-order valence-electron chi connectivity index (χ2n) is 8.29. The van der Waals surface area contributed by atoms with Gasteiger partial charge in [0.2, 0.25) is 11.8 Å². The number of hydrogen-bond donors (Lipinski definition) is 1. The third kappa shape index (κ3) is 5.85. The molecule has 0 heterocycles. The Morgan fingerprint density at radius 1 is 1.13 bits per heavy atom. The molecule has 2 aromatic rings. The molecule has 1 fully saturated rings. The molecule has 0 unspecified atom stereocenters. The number of amides is 2. The molecule has 166 valence electrons. The number of ether oxygens (including phenoxy) is 1. The van der Waals surface area contributed by atoms with Gasteiger partial charge in [0, 0.05) is 45.2 Å². The summed E-state index contributed by atoms with van der Waals surface area (Å²) in [5.41, 5.74) is 3.83. The summed E-state index contributed by atoms with van der Waals surface area (Å²) in [6, 6.07) is 16.2. The summed E-state index contributed by atoms with van der Waals surface area (Å²) in [6.07, 6.45) is 2.84. The minimum atomic E-state index is -0.198. The molecule has 3 rings (SSSR count). The molecule has 0 radical (unpaired) electrons. The molecule has 6 nitrogen and oxygen atoms in total. The first-order chi connectivity index (χ1) is 14.9. The van der Waals surface area contributed by atoms with Crippen LogP contribution in [0.15, 0.2) is 48.5 Å². The zero-order chi connectivity index (χ0) is 22.4. The maximum absolute atomic E-state index is 13.6. The van der Waals surface area contributed by atoms with Crippen LogP contribution in [0.5, 0.6) is 0 Å². The zero-order valence-electron chi connectivity index (χ0n) is 18.9. The lowest BCUT2D eigenvalue weighted by molar-refractivity contribution is -0.134. The molecule has 0 bridgehead atoms. The van der Waals surface area contributed by atoms with Gasteiger partial charge in [-0.1, -0.05) is 37.3 Å². The molecule has 1 aliphatic carbocycles. The maximum Gasteiger partial charge on any atom is 0.250 e. The molecule has 1 atom stereocenters. The van der Waals surface area contributed by atoms with Gasteiger partial charge in [-0.25, -0.2) is 0 Å². The normalized spacial score (nSPS) is 14.1. The fraction of sp³-hybridized carbons (Fsp3) is 0.440. The molecular formula is C25H33N3O3. The van der Waals surface area contributed by atoms with Crippen LogP contribution in [-0.2, 0) is 20.9 Å². The van der Waals surface area contributed by atoms with Gasteiger partial charge in [0.05, 0.1) is 5.92 Å². The van der Waals surface area contributed by atoms with Crippen LogP contribution in [0.3, 0.4) is 0 Å². The number of carbonyl (C=O) groups is 2. The minimum Gasteiger partial charge on any atom is -0.377 e. The second-order valence-corrected chi connectivity index (χ2v) is 8.29. The van der Waals surface area contributed by atoms with E-state index >= 15 is 0 Å². The van der Waals surface area contributed by atoms with Gasteiger partial charge in [-0.05, 0) is 48.6 Å². The van der Waals surface area contributed by atoms with Crippen LogP contribution in [-0.4, -0.2) is 50.6 Å². The van der Waals surface area contributed by atoms with Crippen molar-refractivity contribution in [2.75, 3.05) is 38.0 Å². The average molecular weight is 424 g/mol. The monoisotopic (exact) mass is 423 g/mol. The summed E-state index contributed by atoms with van der Waals surface area (Å²) in [6.45, 7) is 2.60. The number of hydrogen-bond acceptors (Lipinski definition) is 4. The highest BCUT2D eigenvalue weighted by Gasteiger charge is 2.36. The van der Waals surface area contributed by atoms with Crippen molar-refractivity contribution in [2.24, 2.45) is 0 Å². The highest BCUT2D eigenvalue weighted by molar-refractivity contribution is 5.92. The van der Waals surface area contributed by atoms with E-state index in [9.17, 15) is 9.59 Å². The molecule has 0 aliphatic heterocycles. The maximum atomic E-state index is 13.6. The lowest BCUT2D eigenvalue weighted by Crippen LogP contribution is -2.36. The Balaban J connectivity index is 1.87. The van der Waals surface area contributed by atoms with Crippen molar-refractivity contribution < 1.29 is 14.3 Å². The fourth-order valence-corrected chi connectivity index (χ4v) is 3.95. The Morgan fingerprint density at radius 3 is 2.42 bits per heavy atom. The van der Waals surface area contributed by atoms with Crippen molar-refractivity contribution in [3.8, 4) is 0 Å². The van der Waals surface area contributed by atoms with E-state index in [0.29, 0.717) is 12.2 Å². The fourth-order valence-electron chi connectivity index (χ4n) is 3.95. The van der Waals surface area contributed by atoms with Crippen LogP contribution >= 0.6 is 0 Å². The summed E-state index contributed by atoms with van der Waals surface area (Å²) in [4.78, 5) is 29.7. The first-order valence-corrected chi connectivity index (χ1v) is 10.9. The predicted octanol–water partition coefficient (Wildman–Crippen LogP) is 4.02. The van der Waals surface area contributed by atoms with Crippen molar-refractivity contribution in [3.05, 3.63) is 59.7 Å². The smallest absolute Gasteiger partial charge is 0.250 e. The molecule has 2 amide bonds. The van der Waals surface area contributed by atoms with Crippen molar-refractivity contribution in [1.29, 1.82) is 0 Å². The third-order valence-corrected chi connectivity index (χ3v) is 5.64. The van der Waals surface area contributed by atoms with Gasteiger partial charge in [-0.2, -0.15) is 0 Å². The minimum absolute atomic E-state index is 0.00665. The van der Waals surface area contributed by atoms with Crippen LogP contribution in [0.25, 0.3) is 0 Å². The number of carbonyl (C=O) groups excluding carboxylic acids is 2. The molecule has 0 spiro atoms. The molecule has 0 aromatic heterocycles. The van der Waals surface area contributed by atoms with E-state index in [4.69, 9.17) is 4.74 Å². The van der Waals surface area contributed by atoms with E-state index in [2.05, 4.69) is 12.2 Å². The molecule has 1 saturated carbocycles. The molecule has 1 aliphatic rings. The number of anilines is 2. The van der Waals surface area contributed by atoms with Gasteiger partial charge in [-0.15, -0.1) is 0 Å². The van der Waals surface area contributed by atoms with Crippen LogP contribution < -0.4 is 10.2 Å². The zero-order valence-corrected chi connectivity index (χ0v) is 18.9. The Morgan fingerprint density at radius 2 is 1.84 bits per heavy atom. The number of nitrogens with zero attached hydrogens (tertiary/aromatic N) is 2. The van der Waals surface area contributed by atoms with E-state index in [-0.39, 0.29) is 30.4 Å². The second kappa shape index (κ2) is 10.4. The number of nitrogens with one attached hydrogen (secondary N) is 1. The topological polar surface area (TPSA) is 61.9 Å². The van der Waals surface area contributed by atoms with Crippen LogP contribution in [0, 0.1) is 0 Å².